The molecule has 16 heavy (non-hydrogen) atoms. The fourth-order valence-corrected chi connectivity index (χ4v) is 2.24. The summed E-state index contributed by atoms with van der Waals surface area (Å²) in [7, 11) is 0. The molecule has 1 fully saturated rings. The average Bonchev–Trinajstić information content (AvgIpc) is 2.46. The van der Waals surface area contributed by atoms with Gasteiger partial charge in [-0.05, 0) is 43.6 Å². The second-order valence-electron chi connectivity index (χ2n) is 4.44. The van der Waals surface area contributed by atoms with E-state index in [2.05, 4.69) is 17.0 Å². The van der Waals surface area contributed by atoms with E-state index in [4.69, 9.17) is 5.73 Å². The van der Waals surface area contributed by atoms with Gasteiger partial charge in [-0.2, -0.15) is 0 Å². The highest BCUT2D eigenvalue weighted by Gasteiger charge is 2.08. The van der Waals surface area contributed by atoms with Gasteiger partial charge in [0.2, 0.25) is 0 Å². The number of hydrogen-bond donors (Lipinski definition) is 1. The van der Waals surface area contributed by atoms with E-state index in [0.717, 1.165) is 12.2 Å². The highest BCUT2D eigenvalue weighted by Crippen LogP contribution is 2.14. The molecule has 1 aliphatic rings. The maximum atomic E-state index is 5.78. The fourth-order valence-electron chi connectivity index (χ4n) is 2.24. The van der Waals surface area contributed by atoms with Gasteiger partial charge in [-0.25, -0.2) is 0 Å². The van der Waals surface area contributed by atoms with Crippen LogP contribution in [-0.2, 0) is 6.54 Å². The first-order valence-electron chi connectivity index (χ1n) is 5.91. The molecule has 0 aliphatic carbocycles. The van der Waals surface area contributed by atoms with E-state index in [1.165, 1.54) is 44.3 Å². The van der Waals surface area contributed by atoms with E-state index in [-0.39, 0.29) is 12.4 Å². The van der Waals surface area contributed by atoms with Gasteiger partial charge >= 0.3 is 0 Å². The predicted molar refractivity (Wildman–Crippen MR) is 71.8 cm³/mol. The Balaban J connectivity index is 0.00000128. The van der Waals surface area contributed by atoms with Gasteiger partial charge in [-0.3, -0.25) is 4.90 Å². The minimum atomic E-state index is 0. The molecule has 1 aliphatic heterocycles. The summed E-state index contributed by atoms with van der Waals surface area (Å²) >= 11 is 0. The molecule has 90 valence electrons. The summed E-state index contributed by atoms with van der Waals surface area (Å²) in [6.07, 6.45) is 5.49. The molecule has 1 aromatic rings. The summed E-state index contributed by atoms with van der Waals surface area (Å²) in [5, 5.41) is 0. The van der Waals surface area contributed by atoms with Crippen LogP contribution in [0.15, 0.2) is 24.3 Å². The normalized spacial score (nSPS) is 17.5. The van der Waals surface area contributed by atoms with Crippen LogP contribution in [0.3, 0.4) is 0 Å². The molecule has 0 bridgehead atoms. The molecular weight excluding hydrogens is 220 g/mol. The van der Waals surface area contributed by atoms with Crippen molar-refractivity contribution in [2.75, 3.05) is 18.8 Å². The van der Waals surface area contributed by atoms with E-state index in [0.29, 0.717) is 0 Å². The van der Waals surface area contributed by atoms with Gasteiger partial charge in [0.25, 0.3) is 0 Å². The highest BCUT2D eigenvalue weighted by molar-refractivity contribution is 5.85. The van der Waals surface area contributed by atoms with Crippen molar-refractivity contribution in [3.63, 3.8) is 0 Å². The van der Waals surface area contributed by atoms with E-state index < -0.39 is 0 Å². The molecule has 0 aromatic heterocycles. The molecule has 0 radical (unpaired) electrons. The topological polar surface area (TPSA) is 29.3 Å². The van der Waals surface area contributed by atoms with Crippen LogP contribution in [0.5, 0.6) is 0 Å². The van der Waals surface area contributed by atoms with E-state index in [9.17, 15) is 0 Å². The first-order chi connectivity index (χ1) is 7.34. The number of nitrogens with two attached hydrogens (primary N) is 1. The molecule has 1 heterocycles. The molecule has 2 nitrogen and oxygen atoms in total. The Morgan fingerprint density at radius 1 is 1.06 bits per heavy atom. The van der Waals surface area contributed by atoms with Crippen LogP contribution in [0.25, 0.3) is 0 Å². The quantitative estimate of drug-likeness (QED) is 0.806. The van der Waals surface area contributed by atoms with Crippen LogP contribution < -0.4 is 5.73 Å². The molecule has 1 aromatic carbocycles. The fraction of sp³-hybridized carbons (Fsp3) is 0.538. The lowest BCUT2D eigenvalue weighted by Crippen LogP contribution is -2.23. The van der Waals surface area contributed by atoms with E-state index in [1.807, 2.05) is 12.1 Å². The van der Waals surface area contributed by atoms with E-state index in [1.54, 1.807) is 0 Å². The number of anilines is 1. The molecule has 0 amide bonds. The SMILES string of the molecule is Cl.Nc1cccc(CN2CCCCCC2)c1. The van der Waals surface area contributed by atoms with Crippen LogP contribution in [0, 0.1) is 0 Å². The number of nitrogen functional groups attached to an aromatic ring is 1. The van der Waals surface area contributed by atoms with Crippen LogP contribution in [-0.4, -0.2) is 18.0 Å². The third-order valence-corrected chi connectivity index (χ3v) is 3.06. The summed E-state index contributed by atoms with van der Waals surface area (Å²) in [4.78, 5) is 2.54. The van der Waals surface area contributed by atoms with Crippen LogP contribution in [0.2, 0.25) is 0 Å². The molecule has 3 heteroatoms. The van der Waals surface area contributed by atoms with Crippen molar-refractivity contribution < 1.29 is 0 Å². The maximum Gasteiger partial charge on any atom is 0.0317 e. The molecule has 1 saturated heterocycles. The number of halogens is 1. The largest absolute Gasteiger partial charge is 0.399 e. The first kappa shape index (κ1) is 13.3. The van der Waals surface area contributed by atoms with Crippen molar-refractivity contribution in [2.24, 2.45) is 0 Å². The van der Waals surface area contributed by atoms with Crippen molar-refractivity contribution in [1.82, 2.24) is 4.90 Å². The van der Waals surface area contributed by atoms with Crippen LogP contribution in [0.4, 0.5) is 5.69 Å². The van der Waals surface area contributed by atoms with Crippen molar-refractivity contribution in [1.29, 1.82) is 0 Å². The smallest absolute Gasteiger partial charge is 0.0317 e. The third-order valence-electron chi connectivity index (χ3n) is 3.06. The first-order valence-corrected chi connectivity index (χ1v) is 5.91. The summed E-state index contributed by atoms with van der Waals surface area (Å²) in [6, 6.07) is 8.25. The molecule has 0 atom stereocenters. The summed E-state index contributed by atoms with van der Waals surface area (Å²) in [5.41, 5.74) is 8.00. The lowest BCUT2D eigenvalue weighted by Gasteiger charge is -2.19. The van der Waals surface area contributed by atoms with Crippen molar-refractivity contribution in [2.45, 2.75) is 32.2 Å². The number of nitrogens with zero attached hydrogens (tertiary/aromatic N) is 1. The van der Waals surface area contributed by atoms with Crippen LogP contribution >= 0.6 is 12.4 Å². The van der Waals surface area contributed by atoms with E-state index >= 15 is 0 Å². The zero-order valence-corrected chi connectivity index (χ0v) is 10.5. The van der Waals surface area contributed by atoms with Gasteiger partial charge in [0.15, 0.2) is 0 Å². The minimum Gasteiger partial charge on any atom is -0.399 e. The van der Waals surface area contributed by atoms with Gasteiger partial charge < -0.3 is 5.73 Å². The summed E-state index contributed by atoms with van der Waals surface area (Å²) in [5.74, 6) is 0. The van der Waals surface area contributed by atoms with Gasteiger partial charge in [0, 0.05) is 12.2 Å². The van der Waals surface area contributed by atoms with Crippen LogP contribution in [0.1, 0.15) is 31.2 Å². The number of hydrogen-bond acceptors (Lipinski definition) is 2. The predicted octanol–water partition coefficient (Wildman–Crippen LogP) is 3.07. The monoisotopic (exact) mass is 240 g/mol. The van der Waals surface area contributed by atoms with Gasteiger partial charge in [0.05, 0.1) is 0 Å². The third kappa shape index (κ3) is 4.03. The lowest BCUT2D eigenvalue weighted by molar-refractivity contribution is 0.277. The van der Waals surface area contributed by atoms with Crippen molar-refractivity contribution in [3.8, 4) is 0 Å². The Labute approximate surface area is 104 Å². The minimum absolute atomic E-state index is 0. The highest BCUT2D eigenvalue weighted by atomic mass is 35.5. The Hall–Kier alpha value is -0.730. The Morgan fingerprint density at radius 3 is 2.38 bits per heavy atom. The zero-order chi connectivity index (χ0) is 10.5. The second-order valence-corrected chi connectivity index (χ2v) is 4.44. The molecule has 0 saturated carbocycles. The number of benzene rings is 1. The van der Waals surface area contributed by atoms with Crippen molar-refractivity contribution >= 4 is 18.1 Å². The van der Waals surface area contributed by atoms with Gasteiger partial charge in [-0.1, -0.05) is 25.0 Å². The Morgan fingerprint density at radius 2 is 1.75 bits per heavy atom. The Bertz CT molecular complexity index is 307. The number of likely N-dealkylation sites (tertiary alicyclic amines) is 1. The summed E-state index contributed by atoms with van der Waals surface area (Å²) in [6.45, 7) is 3.55. The van der Waals surface area contributed by atoms with Gasteiger partial charge in [0.1, 0.15) is 0 Å². The van der Waals surface area contributed by atoms with Crippen molar-refractivity contribution in [3.05, 3.63) is 29.8 Å². The number of rotatable bonds is 2. The molecular formula is C13H21ClN2. The summed E-state index contributed by atoms with van der Waals surface area (Å²) < 4.78 is 0. The standard InChI is InChI=1S/C13H20N2.ClH/c14-13-7-5-6-12(10-13)11-15-8-3-1-2-4-9-15;/h5-7,10H,1-4,8-9,11,14H2;1H. The zero-order valence-electron chi connectivity index (χ0n) is 9.69. The van der Waals surface area contributed by atoms with Gasteiger partial charge in [-0.15, -0.1) is 12.4 Å². The Kier molecular flexibility index (Phi) is 5.64. The lowest BCUT2D eigenvalue weighted by atomic mass is 10.2. The molecule has 2 N–H and O–H groups in total. The maximum absolute atomic E-state index is 5.78. The second kappa shape index (κ2) is 6.77. The average molecular weight is 241 g/mol. The molecule has 2 rings (SSSR count). The molecule has 0 spiro atoms. The molecule has 0 unspecified atom stereocenters.